The summed E-state index contributed by atoms with van der Waals surface area (Å²) >= 11 is 0. The molecule has 0 aliphatic heterocycles. The number of aryl methyl sites for hydroxylation is 1. The van der Waals surface area contributed by atoms with Crippen molar-refractivity contribution in [1.82, 2.24) is 9.71 Å². The van der Waals surface area contributed by atoms with Crippen LogP contribution in [0.2, 0.25) is 0 Å². The molecule has 0 saturated heterocycles. The monoisotopic (exact) mass is 330 g/mol. The second-order valence-electron chi connectivity index (χ2n) is 6.15. The molecule has 3 rings (SSSR count). The van der Waals surface area contributed by atoms with Gasteiger partial charge in [-0.3, -0.25) is 4.98 Å². The molecule has 23 heavy (non-hydrogen) atoms. The quantitative estimate of drug-likeness (QED) is 0.930. The summed E-state index contributed by atoms with van der Waals surface area (Å²) in [5.74, 6) is 0. The second kappa shape index (κ2) is 6.81. The number of nitrogens with one attached hydrogen (secondary N) is 1. The topological polar surface area (TPSA) is 59.1 Å². The lowest BCUT2D eigenvalue weighted by Crippen LogP contribution is -2.36. The van der Waals surface area contributed by atoms with E-state index < -0.39 is 10.0 Å². The van der Waals surface area contributed by atoms with Gasteiger partial charge in [0.1, 0.15) is 0 Å². The number of pyridine rings is 1. The maximum absolute atomic E-state index is 12.9. The van der Waals surface area contributed by atoms with Crippen molar-refractivity contribution >= 4 is 10.0 Å². The number of aromatic nitrogens is 1. The van der Waals surface area contributed by atoms with Crippen molar-refractivity contribution in [1.29, 1.82) is 0 Å². The molecule has 0 spiro atoms. The SMILES string of the molecule is Cc1cccc(S(=O)(=O)NC2CCCCC2)c1-c1cccnc1. The summed E-state index contributed by atoms with van der Waals surface area (Å²) in [5.41, 5.74) is 2.50. The summed E-state index contributed by atoms with van der Waals surface area (Å²) in [4.78, 5) is 4.47. The fourth-order valence-corrected chi connectivity index (χ4v) is 4.86. The predicted molar refractivity (Wildman–Crippen MR) is 91.6 cm³/mol. The lowest BCUT2D eigenvalue weighted by atomic mass is 9.96. The Morgan fingerprint density at radius 1 is 1.09 bits per heavy atom. The highest BCUT2D eigenvalue weighted by Gasteiger charge is 2.25. The number of benzene rings is 1. The second-order valence-corrected chi connectivity index (χ2v) is 7.83. The summed E-state index contributed by atoms with van der Waals surface area (Å²) < 4.78 is 28.7. The molecule has 2 aromatic rings. The summed E-state index contributed by atoms with van der Waals surface area (Å²) in [6.07, 6.45) is 8.63. The van der Waals surface area contributed by atoms with E-state index in [-0.39, 0.29) is 6.04 Å². The molecular weight excluding hydrogens is 308 g/mol. The van der Waals surface area contributed by atoms with E-state index in [2.05, 4.69) is 9.71 Å². The molecule has 5 heteroatoms. The smallest absolute Gasteiger partial charge is 0.241 e. The number of sulfonamides is 1. The van der Waals surface area contributed by atoms with Gasteiger partial charge in [0.05, 0.1) is 4.90 Å². The van der Waals surface area contributed by atoms with Gasteiger partial charge < -0.3 is 0 Å². The number of nitrogens with zero attached hydrogens (tertiary/aromatic N) is 1. The van der Waals surface area contributed by atoms with Gasteiger partial charge in [0.15, 0.2) is 0 Å². The Morgan fingerprint density at radius 2 is 1.87 bits per heavy atom. The normalized spacial score (nSPS) is 16.4. The molecule has 1 aliphatic rings. The van der Waals surface area contributed by atoms with Crippen molar-refractivity contribution in [2.75, 3.05) is 0 Å². The zero-order valence-electron chi connectivity index (χ0n) is 13.3. The average molecular weight is 330 g/mol. The molecule has 1 aliphatic carbocycles. The third-order valence-electron chi connectivity index (χ3n) is 4.40. The fraction of sp³-hybridized carbons (Fsp3) is 0.389. The highest BCUT2D eigenvalue weighted by molar-refractivity contribution is 7.89. The summed E-state index contributed by atoms with van der Waals surface area (Å²) in [6, 6.07) is 9.19. The van der Waals surface area contributed by atoms with Crippen LogP contribution in [0.3, 0.4) is 0 Å². The molecule has 1 aromatic heterocycles. The van der Waals surface area contributed by atoms with E-state index in [9.17, 15) is 8.42 Å². The third kappa shape index (κ3) is 3.62. The van der Waals surface area contributed by atoms with Crippen molar-refractivity contribution in [2.24, 2.45) is 0 Å². The van der Waals surface area contributed by atoms with Crippen LogP contribution in [0.15, 0.2) is 47.6 Å². The Labute approximate surface area is 138 Å². The molecule has 0 radical (unpaired) electrons. The van der Waals surface area contributed by atoms with E-state index in [1.807, 2.05) is 25.1 Å². The highest BCUT2D eigenvalue weighted by atomic mass is 32.2. The van der Waals surface area contributed by atoms with Gasteiger partial charge in [0, 0.05) is 29.6 Å². The van der Waals surface area contributed by atoms with Crippen LogP contribution >= 0.6 is 0 Å². The Bertz CT molecular complexity index is 767. The zero-order chi connectivity index (χ0) is 16.3. The van der Waals surface area contributed by atoms with Gasteiger partial charge in [-0.25, -0.2) is 13.1 Å². The minimum atomic E-state index is -3.54. The third-order valence-corrected chi connectivity index (χ3v) is 5.96. The van der Waals surface area contributed by atoms with Crippen LogP contribution in [-0.2, 0) is 10.0 Å². The summed E-state index contributed by atoms with van der Waals surface area (Å²) in [5, 5.41) is 0. The first-order chi connectivity index (χ1) is 11.1. The zero-order valence-corrected chi connectivity index (χ0v) is 14.1. The molecule has 0 bridgehead atoms. The first-order valence-electron chi connectivity index (χ1n) is 8.10. The lowest BCUT2D eigenvalue weighted by Gasteiger charge is -2.23. The minimum Gasteiger partial charge on any atom is -0.264 e. The molecule has 0 amide bonds. The van der Waals surface area contributed by atoms with Crippen molar-refractivity contribution in [3.63, 3.8) is 0 Å². The molecule has 122 valence electrons. The Morgan fingerprint density at radius 3 is 2.57 bits per heavy atom. The standard InChI is InChI=1S/C18H22N2O2S/c1-14-7-5-11-17(18(14)15-8-6-12-19-13-15)23(21,22)20-16-9-3-2-4-10-16/h5-8,11-13,16,20H,2-4,9-10H2,1H3. The van der Waals surface area contributed by atoms with Gasteiger partial charge in [0.2, 0.25) is 10.0 Å². The summed E-state index contributed by atoms with van der Waals surface area (Å²) in [6.45, 7) is 1.93. The van der Waals surface area contributed by atoms with E-state index >= 15 is 0 Å². The molecule has 4 nitrogen and oxygen atoms in total. The Hall–Kier alpha value is -1.72. The van der Waals surface area contributed by atoms with Gasteiger partial charge in [-0.05, 0) is 37.5 Å². The first-order valence-corrected chi connectivity index (χ1v) is 9.58. The van der Waals surface area contributed by atoms with Crippen LogP contribution in [-0.4, -0.2) is 19.4 Å². The van der Waals surface area contributed by atoms with Gasteiger partial charge in [0.25, 0.3) is 0 Å². The molecule has 1 saturated carbocycles. The van der Waals surface area contributed by atoms with Crippen LogP contribution in [0.5, 0.6) is 0 Å². The van der Waals surface area contributed by atoms with Gasteiger partial charge >= 0.3 is 0 Å². The van der Waals surface area contributed by atoms with Crippen molar-refractivity contribution in [3.05, 3.63) is 48.3 Å². The number of hydrogen-bond donors (Lipinski definition) is 1. The van der Waals surface area contributed by atoms with Crippen LogP contribution < -0.4 is 4.72 Å². The van der Waals surface area contributed by atoms with E-state index in [1.54, 1.807) is 24.5 Å². The fourth-order valence-electron chi connectivity index (χ4n) is 3.25. The van der Waals surface area contributed by atoms with Gasteiger partial charge in [-0.1, -0.05) is 37.5 Å². The van der Waals surface area contributed by atoms with E-state index in [0.717, 1.165) is 42.4 Å². The molecule has 1 aromatic carbocycles. The minimum absolute atomic E-state index is 0.0519. The largest absolute Gasteiger partial charge is 0.264 e. The molecule has 1 N–H and O–H groups in total. The maximum atomic E-state index is 12.9. The van der Waals surface area contributed by atoms with E-state index in [4.69, 9.17) is 0 Å². The molecule has 1 fully saturated rings. The molecule has 0 atom stereocenters. The first kappa shape index (κ1) is 16.1. The van der Waals surface area contributed by atoms with Crippen LogP contribution in [0.1, 0.15) is 37.7 Å². The van der Waals surface area contributed by atoms with Gasteiger partial charge in [-0.15, -0.1) is 0 Å². The van der Waals surface area contributed by atoms with Crippen molar-refractivity contribution in [3.8, 4) is 11.1 Å². The van der Waals surface area contributed by atoms with Crippen molar-refractivity contribution < 1.29 is 8.42 Å². The van der Waals surface area contributed by atoms with Crippen LogP contribution in [0.4, 0.5) is 0 Å². The molecule has 0 unspecified atom stereocenters. The van der Waals surface area contributed by atoms with Gasteiger partial charge in [-0.2, -0.15) is 0 Å². The van der Waals surface area contributed by atoms with Crippen molar-refractivity contribution in [2.45, 2.75) is 50.0 Å². The lowest BCUT2D eigenvalue weighted by molar-refractivity contribution is 0.412. The Kier molecular flexibility index (Phi) is 4.78. The van der Waals surface area contributed by atoms with E-state index in [1.165, 1.54) is 6.42 Å². The predicted octanol–water partition coefficient (Wildman–Crippen LogP) is 3.67. The number of rotatable bonds is 4. The van der Waals surface area contributed by atoms with E-state index in [0.29, 0.717) is 4.90 Å². The average Bonchev–Trinajstić information content (AvgIpc) is 2.56. The highest BCUT2D eigenvalue weighted by Crippen LogP contribution is 2.31. The van der Waals surface area contributed by atoms with Crippen LogP contribution in [0.25, 0.3) is 11.1 Å². The Balaban J connectivity index is 2.00. The number of hydrogen-bond acceptors (Lipinski definition) is 3. The summed E-state index contributed by atoms with van der Waals surface area (Å²) in [7, 11) is -3.54. The molecule has 1 heterocycles. The molecular formula is C18H22N2O2S. The maximum Gasteiger partial charge on any atom is 0.241 e. The van der Waals surface area contributed by atoms with Crippen LogP contribution in [0, 0.1) is 6.92 Å².